The monoisotopic (exact) mass is 931 g/mol. The first-order chi connectivity index (χ1) is 30.9. The number of nitrogens with one attached hydrogen (secondary N) is 3. The first kappa shape index (κ1) is 48.1. The summed E-state index contributed by atoms with van der Waals surface area (Å²) in [6, 6.07) is 22.7. The SMILES string of the molecule is CN1CCOc2ccc(C(=O)NC(=O)Nc3ccc(Cl)c(Cl)c3)cc21.CN1CCOc2ccc(C(N)=O)cc21.COC(=O)c1ccc2c(c1)NC(=O)CO2.Nc1cc(C(=O)O)ccc1O. The number of halogens is 2. The minimum Gasteiger partial charge on any atom is -0.506 e. The number of nitrogens with two attached hydrogens (primary N) is 2. The molecule has 340 valence electrons. The van der Waals surface area contributed by atoms with Crippen LogP contribution >= 0.6 is 23.2 Å². The fourth-order valence-electron chi connectivity index (χ4n) is 5.92. The van der Waals surface area contributed by atoms with E-state index in [2.05, 4.69) is 20.7 Å². The number of rotatable bonds is 5. The van der Waals surface area contributed by atoms with E-state index in [1.165, 1.54) is 37.4 Å². The lowest BCUT2D eigenvalue weighted by Crippen LogP contribution is -2.35. The Balaban J connectivity index is 0.000000172. The van der Waals surface area contributed by atoms with Crippen LogP contribution in [0.25, 0.3) is 0 Å². The highest BCUT2D eigenvalue weighted by Crippen LogP contribution is 2.33. The number of fused-ring (bicyclic) bond motifs is 3. The van der Waals surface area contributed by atoms with Crippen LogP contribution in [0, 0.1) is 0 Å². The van der Waals surface area contributed by atoms with Crippen molar-refractivity contribution < 1.29 is 57.9 Å². The van der Waals surface area contributed by atoms with Crippen LogP contribution < -0.4 is 51.4 Å². The number of amides is 5. The van der Waals surface area contributed by atoms with Gasteiger partial charge in [0.25, 0.3) is 11.8 Å². The number of benzene rings is 5. The average Bonchev–Trinajstić information content (AvgIpc) is 3.28. The molecule has 0 radical (unpaired) electrons. The first-order valence-corrected chi connectivity index (χ1v) is 20.0. The topological polar surface area (TPSA) is 274 Å². The summed E-state index contributed by atoms with van der Waals surface area (Å²) in [6.07, 6.45) is 0. The number of esters is 1. The highest BCUT2D eigenvalue weighted by molar-refractivity contribution is 6.42. The van der Waals surface area contributed by atoms with Crippen LogP contribution in [-0.4, -0.2) is 100 Å². The van der Waals surface area contributed by atoms with E-state index >= 15 is 0 Å². The molecule has 9 N–H and O–H groups in total. The number of carboxylic acid groups (broad SMARTS) is 1. The molecule has 0 unspecified atom stereocenters. The normalized spacial score (nSPS) is 12.8. The van der Waals surface area contributed by atoms with Gasteiger partial charge in [-0.1, -0.05) is 23.2 Å². The molecule has 0 fully saturated rings. The van der Waals surface area contributed by atoms with E-state index < -0.39 is 29.8 Å². The highest BCUT2D eigenvalue weighted by atomic mass is 35.5. The number of urea groups is 1. The van der Waals surface area contributed by atoms with E-state index in [1.807, 2.05) is 23.9 Å². The predicted molar refractivity (Wildman–Crippen MR) is 243 cm³/mol. The third kappa shape index (κ3) is 13.1. The van der Waals surface area contributed by atoms with Crippen LogP contribution in [0.4, 0.5) is 33.2 Å². The van der Waals surface area contributed by atoms with Crippen LogP contribution in [-0.2, 0) is 9.53 Å². The molecule has 3 aliphatic heterocycles. The van der Waals surface area contributed by atoms with Crippen molar-refractivity contribution in [2.75, 3.05) is 80.3 Å². The Kier molecular flexibility index (Phi) is 16.3. The second-order valence-electron chi connectivity index (χ2n) is 13.9. The molecule has 5 aromatic carbocycles. The van der Waals surface area contributed by atoms with E-state index in [9.17, 15) is 28.8 Å². The number of nitrogen functional groups attached to an aromatic ring is 1. The van der Waals surface area contributed by atoms with Crippen molar-refractivity contribution >= 4 is 87.3 Å². The van der Waals surface area contributed by atoms with Crippen molar-refractivity contribution in [1.29, 1.82) is 0 Å². The maximum Gasteiger partial charge on any atom is 0.337 e. The highest BCUT2D eigenvalue weighted by Gasteiger charge is 2.20. The number of carbonyl (C=O) groups is 6. The fourth-order valence-corrected chi connectivity index (χ4v) is 6.22. The molecule has 0 aromatic heterocycles. The number of primary amides is 1. The number of phenolic OH excluding ortho intramolecular Hbond substituents is 1. The third-order valence-corrected chi connectivity index (χ3v) is 10.1. The summed E-state index contributed by atoms with van der Waals surface area (Å²) in [5.41, 5.74) is 14.5. The number of aromatic hydroxyl groups is 1. The zero-order valence-electron chi connectivity index (χ0n) is 35.0. The second kappa shape index (κ2) is 21.9. The van der Waals surface area contributed by atoms with Crippen LogP contribution in [0.3, 0.4) is 0 Å². The van der Waals surface area contributed by atoms with E-state index in [1.54, 1.807) is 60.7 Å². The summed E-state index contributed by atoms with van der Waals surface area (Å²) in [5.74, 6) is -0.684. The maximum atomic E-state index is 12.3. The molecule has 0 aliphatic carbocycles. The van der Waals surface area contributed by atoms with Crippen LogP contribution in [0.15, 0.2) is 91.0 Å². The minimum absolute atomic E-state index is 0.00453. The molecular formula is C44H43Cl2N7O12. The summed E-state index contributed by atoms with van der Waals surface area (Å²) < 4.78 is 20.7. The summed E-state index contributed by atoms with van der Waals surface area (Å²) >= 11 is 11.7. The van der Waals surface area contributed by atoms with Crippen molar-refractivity contribution in [2.24, 2.45) is 5.73 Å². The first-order valence-electron chi connectivity index (χ1n) is 19.2. The Morgan fingerprint density at radius 2 is 1.32 bits per heavy atom. The standard InChI is InChI=1S/C17H15Cl2N3O3.C10H12N2O2.C10H9NO4.C7H7NO3/c1-22-6-7-25-15-5-2-10(8-14(15)22)16(23)21-17(24)20-11-3-4-12(18)13(19)9-11;1-12-4-5-14-9-3-2-7(10(11)13)6-8(9)12;1-14-10(13)6-2-3-8-7(4-6)11-9(12)5-15-8;8-5-3-4(7(10)11)1-2-6(5)9/h2-5,8-9H,6-7H2,1H3,(H2,20,21,23,24);2-3,6H,4-5H2,1H3,(H2,11,13);2-4H,5H2,1H3,(H,11,12);1-3,9H,8H2,(H,10,11). The van der Waals surface area contributed by atoms with Gasteiger partial charge in [0.2, 0.25) is 5.91 Å². The smallest absolute Gasteiger partial charge is 0.337 e. The number of phenols is 1. The van der Waals surface area contributed by atoms with Gasteiger partial charge in [0.15, 0.2) is 6.61 Å². The molecule has 0 atom stereocenters. The summed E-state index contributed by atoms with van der Waals surface area (Å²) in [6.45, 7) is 2.84. The zero-order valence-corrected chi connectivity index (χ0v) is 36.5. The molecule has 5 amide bonds. The van der Waals surface area contributed by atoms with Crippen molar-refractivity contribution in [3.8, 4) is 23.0 Å². The summed E-state index contributed by atoms with van der Waals surface area (Å²) in [4.78, 5) is 71.8. The molecule has 19 nitrogen and oxygen atoms in total. The average molecular weight is 933 g/mol. The number of aromatic carboxylic acids is 1. The molecule has 3 heterocycles. The van der Waals surface area contributed by atoms with E-state index in [0.29, 0.717) is 62.8 Å². The fraction of sp³-hybridized carbons (Fsp3) is 0.182. The zero-order chi connectivity index (χ0) is 47.4. The van der Waals surface area contributed by atoms with Gasteiger partial charge in [-0.15, -0.1) is 0 Å². The third-order valence-electron chi connectivity index (χ3n) is 9.37. The number of hydrogen-bond acceptors (Lipinski definition) is 14. The Labute approximate surface area is 381 Å². The summed E-state index contributed by atoms with van der Waals surface area (Å²) in [7, 11) is 5.18. The Bertz CT molecular complexity index is 2630. The van der Waals surface area contributed by atoms with E-state index in [-0.39, 0.29) is 29.5 Å². The van der Waals surface area contributed by atoms with Gasteiger partial charge in [-0.2, -0.15) is 0 Å². The van der Waals surface area contributed by atoms with Gasteiger partial charge in [-0.25, -0.2) is 14.4 Å². The maximum absolute atomic E-state index is 12.3. The molecular weight excluding hydrogens is 889 g/mol. The molecule has 0 bridgehead atoms. The van der Waals surface area contributed by atoms with Gasteiger partial charge in [0.05, 0.1) is 64.1 Å². The van der Waals surface area contributed by atoms with Crippen LogP contribution in [0.1, 0.15) is 41.4 Å². The van der Waals surface area contributed by atoms with Gasteiger partial charge in [0, 0.05) is 30.9 Å². The Hall–Kier alpha value is -7.90. The molecule has 8 rings (SSSR count). The molecule has 0 saturated heterocycles. The minimum atomic E-state index is -1.06. The lowest BCUT2D eigenvalue weighted by atomic mass is 10.1. The number of carboxylic acids is 1. The predicted octanol–water partition coefficient (Wildman–Crippen LogP) is 5.87. The van der Waals surface area contributed by atoms with Gasteiger partial charge in [0.1, 0.15) is 36.2 Å². The molecule has 65 heavy (non-hydrogen) atoms. The van der Waals surface area contributed by atoms with E-state index in [4.69, 9.17) is 59.1 Å². The molecule has 5 aromatic rings. The second-order valence-corrected chi connectivity index (χ2v) is 14.7. The lowest BCUT2D eigenvalue weighted by molar-refractivity contribution is -0.118. The lowest BCUT2D eigenvalue weighted by Gasteiger charge is -2.27. The number of imide groups is 1. The van der Waals surface area contributed by atoms with Gasteiger partial charge in [-0.05, 0) is 91.0 Å². The number of ether oxygens (including phenoxy) is 4. The van der Waals surface area contributed by atoms with Gasteiger partial charge >= 0.3 is 18.0 Å². The summed E-state index contributed by atoms with van der Waals surface area (Å²) in [5, 5.41) is 25.5. The molecule has 3 aliphatic rings. The largest absolute Gasteiger partial charge is 0.506 e. The van der Waals surface area contributed by atoms with Crippen LogP contribution in [0.2, 0.25) is 10.0 Å². The number of anilines is 5. The number of hydrogen-bond donors (Lipinski definition) is 7. The number of methoxy groups -OCH3 is 1. The quantitative estimate of drug-likeness (QED) is 0.0616. The van der Waals surface area contributed by atoms with Crippen LogP contribution in [0.5, 0.6) is 23.0 Å². The van der Waals surface area contributed by atoms with Gasteiger partial charge < -0.3 is 61.1 Å². The number of nitrogens with zero attached hydrogens (tertiary/aromatic N) is 2. The van der Waals surface area contributed by atoms with E-state index in [0.717, 1.165) is 30.2 Å². The van der Waals surface area contributed by atoms with Gasteiger partial charge in [-0.3, -0.25) is 19.7 Å². The Morgan fingerprint density at radius 1 is 0.738 bits per heavy atom. The molecule has 0 saturated carbocycles. The number of carbonyl (C=O) groups excluding carboxylic acids is 5. The Morgan fingerprint density at radius 3 is 1.91 bits per heavy atom. The van der Waals surface area contributed by atoms with Crippen molar-refractivity contribution in [2.45, 2.75) is 0 Å². The van der Waals surface area contributed by atoms with Crippen molar-refractivity contribution in [3.63, 3.8) is 0 Å². The van der Waals surface area contributed by atoms with Crippen molar-refractivity contribution in [3.05, 3.63) is 123 Å². The van der Waals surface area contributed by atoms with Crippen molar-refractivity contribution in [1.82, 2.24) is 5.32 Å². The molecule has 0 spiro atoms. The number of likely N-dealkylation sites (N-methyl/N-ethyl adjacent to an activating group) is 2. The molecule has 21 heteroatoms.